The third-order valence-corrected chi connectivity index (χ3v) is 7.74. The molecule has 0 saturated carbocycles. The van der Waals surface area contributed by atoms with Crippen LogP contribution >= 0.6 is 0 Å². The van der Waals surface area contributed by atoms with E-state index in [0.29, 0.717) is 11.3 Å². The van der Waals surface area contributed by atoms with Gasteiger partial charge >= 0.3 is 0 Å². The molecule has 0 aliphatic heterocycles. The number of hydrogen-bond donors (Lipinski definition) is 1. The first kappa shape index (κ1) is 27.3. The van der Waals surface area contributed by atoms with Crippen molar-refractivity contribution in [1.82, 2.24) is 9.88 Å². The van der Waals surface area contributed by atoms with Crippen molar-refractivity contribution in [2.45, 2.75) is 27.7 Å². The molecule has 0 atom stereocenters. The van der Waals surface area contributed by atoms with E-state index in [2.05, 4.69) is 83.4 Å². The summed E-state index contributed by atoms with van der Waals surface area (Å²) < 4.78 is 0. The number of allylic oxidation sites excluding steroid dienone is 2. The van der Waals surface area contributed by atoms with Crippen molar-refractivity contribution in [2.75, 3.05) is 12.4 Å². The van der Waals surface area contributed by atoms with Gasteiger partial charge in [-0.3, -0.25) is 4.79 Å². The maximum Gasteiger partial charge on any atom is 0.242 e. The molecule has 0 fully saturated rings. The molecule has 178 valence electrons. The molecule has 9 heteroatoms. The van der Waals surface area contributed by atoms with E-state index >= 15 is 0 Å². The van der Waals surface area contributed by atoms with Gasteiger partial charge in [-0.2, -0.15) is 0 Å². The van der Waals surface area contributed by atoms with E-state index in [-0.39, 0.29) is 5.91 Å². The zero-order valence-corrected chi connectivity index (χ0v) is 23.5. The lowest BCUT2D eigenvalue weighted by molar-refractivity contribution is -0.112. The van der Waals surface area contributed by atoms with E-state index in [1.165, 1.54) is 33.1 Å². The van der Waals surface area contributed by atoms with Gasteiger partial charge in [-0.05, 0) is 61.8 Å². The third kappa shape index (κ3) is 5.11. The molecule has 2 aromatic carbocycles. The summed E-state index contributed by atoms with van der Waals surface area (Å²) in [5.41, 5.74) is 12.3. The molecule has 0 aliphatic carbocycles. The number of fused-ring (bicyclic) bond motifs is 1. The number of pyridine rings is 1. The van der Waals surface area contributed by atoms with Crippen LogP contribution in [0.4, 0.5) is 5.82 Å². The average molecular weight is 471 g/mol. The number of rotatable bonds is 6. The maximum atomic E-state index is 13.3. The summed E-state index contributed by atoms with van der Waals surface area (Å²) in [6.07, 6.45) is 3.88. The Labute approximate surface area is 220 Å². The second-order valence-electron chi connectivity index (χ2n) is 9.80. The molecular formula is C27H34B5N3O. The van der Waals surface area contributed by atoms with E-state index in [0.717, 1.165) is 33.2 Å². The fraction of sp³-hybridized carbons (Fsp3) is 0.185. The summed E-state index contributed by atoms with van der Waals surface area (Å²) in [7, 11) is 12.4. The number of nitrogens with zero attached hydrogens (tertiary/aromatic N) is 2. The van der Waals surface area contributed by atoms with Gasteiger partial charge in [0.25, 0.3) is 0 Å². The molecule has 1 amide bonds. The standard InChI is InChI=1S/C27H34B5N3O/c1-7-19(35(6)13(2)3)16-8-9-17-12-33-20(11-18(17)10-16)34-27(36)26(32)25(31)21-22(28)14(4)15(5)23(29)24(21)30/h7-12H,2,28-32H2,1,3-6H3,(H,33,34,36)/b19-7-,26-25+. The summed E-state index contributed by atoms with van der Waals surface area (Å²) in [5.74, 6) is 0.401. The Morgan fingerprint density at radius 2 is 1.67 bits per heavy atom. The SMILES string of the molecule is B/C(C(=O)Nc1cc2cc(/C(=C/C)N(C)C(=C)C)ccc2cn1)=C(/B)c1c(B)c(B)c(C)c(C)c1B. The smallest absolute Gasteiger partial charge is 0.242 e. The van der Waals surface area contributed by atoms with Crippen molar-refractivity contribution in [2.24, 2.45) is 0 Å². The summed E-state index contributed by atoms with van der Waals surface area (Å²) >= 11 is 0. The summed E-state index contributed by atoms with van der Waals surface area (Å²) in [6.45, 7) is 12.4. The van der Waals surface area contributed by atoms with Crippen LogP contribution in [0.25, 0.3) is 21.9 Å². The lowest BCUT2D eigenvalue weighted by Gasteiger charge is -2.23. The van der Waals surface area contributed by atoms with Crippen LogP contribution < -0.4 is 21.7 Å². The van der Waals surface area contributed by atoms with Crippen molar-refractivity contribution in [3.63, 3.8) is 0 Å². The van der Waals surface area contributed by atoms with Gasteiger partial charge in [-0.15, -0.1) is 0 Å². The lowest BCUT2D eigenvalue weighted by atomic mass is 9.62. The fourth-order valence-electron chi connectivity index (χ4n) is 4.76. The van der Waals surface area contributed by atoms with Crippen LogP contribution in [0.3, 0.4) is 0 Å². The van der Waals surface area contributed by atoms with Crippen LogP contribution in [0.15, 0.2) is 54.3 Å². The van der Waals surface area contributed by atoms with Crippen molar-refractivity contribution in [3.05, 3.63) is 76.5 Å². The second kappa shape index (κ2) is 10.7. The van der Waals surface area contributed by atoms with Crippen molar-refractivity contribution >= 4 is 89.3 Å². The number of nitrogens with one attached hydrogen (secondary N) is 1. The first-order chi connectivity index (χ1) is 16.9. The average Bonchev–Trinajstić information content (AvgIpc) is 2.85. The fourth-order valence-corrected chi connectivity index (χ4v) is 4.76. The number of hydrogen-bond acceptors (Lipinski definition) is 3. The van der Waals surface area contributed by atoms with Gasteiger partial charge in [0.05, 0.1) is 0 Å². The summed E-state index contributed by atoms with van der Waals surface area (Å²) in [5, 5.41) is 5.06. The van der Waals surface area contributed by atoms with Gasteiger partial charge in [0.15, 0.2) is 0 Å². The highest BCUT2D eigenvalue weighted by molar-refractivity contribution is 6.61. The van der Waals surface area contributed by atoms with Gasteiger partial charge in [0.2, 0.25) is 5.91 Å². The molecule has 36 heavy (non-hydrogen) atoms. The Morgan fingerprint density at radius 3 is 2.28 bits per heavy atom. The number of anilines is 1. The molecule has 0 aliphatic rings. The topological polar surface area (TPSA) is 45.2 Å². The van der Waals surface area contributed by atoms with E-state index in [4.69, 9.17) is 0 Å². The number of carbonyl (C=O) groups excluding carboxylic acids is 1. The molecule has 0 spiro atoms. The van der Waals surface area contributed by atoms with E-state index < -0.39 is 0 Å². The van der Waals surface area contributed by atoms with Crippen LogP contribution in [-0.4, -0.2) is 62.1 Å². The Morgan fingerprint density at radius 1 is 1.03 bits per heavy atom. The number of aromatic nitrogens is 1. The van der Waals surface area contributed by atoms with E-state index in [1.807, 2.05) is 42.7 Å². The third-order valence-electron chi connectivity index (χ3n) is 7.74. The van der Waals surface area contributed by atoms with Crippen molar-refractivity contribution in [3.8, 4) is 0 Å². The molecule has 1 heterocycles. The molecule has 0 radical (unpaired) electrons. The van der Waals surface area contributed by atoms with Crippen LogP contribution in [0.2, 0.25) is 0 Å². The highest BCUT2D eigenvalue weighted by Gasteiger charge is 2.17. The second-order valence-corrected chi connectivity index (χ2v) is 9.80. The molecule has 1 aromatic heterocycles. The normalized spacial score (nSPS) is 12.3. The zero-order valence-electron chi connectivity index (χ0n) is 23.5. The van der Waals surface area contributed by atoms with Gasteiger partial charge in [-0.1, -0.05) is 57.8 Å². The number of benzene rings is 2. The van der Waals surface area contributed by atoms with Crippen LogP contribution in [0, 0.1) is 13.8 Å². The largest absolute Gasteiger partial charge is 0.349 e. The van der Waals surface area contributed by atoms with Crippen LogP contribution in [0.1, 0.15) is 36.1 Å². The summed E-state index contributed by atoms with van der Waals surface area (Å²) in [4.78, 5) is 19.8. The Balaban J connectivity index is 1.97. The highest BCUT2D eigenvalue weighted by atomic mass is 16.1. The molecule has 1 N–H and O–H groups in total. The molecular weight excluding hydrogens is 436 g/mol. The predicted molar refractivity (Wildman–Crippen MR) is 171 cm³/mol. The van der Waals surface area contributed by atoms with Gasteiger partial charge < -0.3 is 10.2 Å². The van der Waals surface area contributed by atoms with Crippen molar-refractivity contribution < 1.29 is 4.79 Å². The Bertz CT molecular complexity index is 1430. The first-order valence-corrected chi connectivity index (χ1v) is 12.4. The monoisotopic (exact) mass is 471 g/mol. The molecule has 0 unspecified atom stereocenters. The molecule has 3 aromatic rings. The van der Waals surface area contributed by atoms with Gasteiger partial charge in [0.1, 0.15) is 45.0 Å². The van der Waals surface area contributed by atoms with Gasteiger partial charge in [-0.25, -0.2) is 4.98 Å². The molecule has 0 bridgehead atoms. The quantitative estimate of drug-likeness (QED) is 0.373. The minimum absolute atomic E-state index is 0.138. The highest BCUT2D eigenvalue weighted by Crippen LogP contribution is 2.26. The van der Waals surface area contributed by atoms with Crippen molar-refractivity contribution in [1.29, 1.82) is 0 Å². The Kier molecular flexibility index (Phi) is 8.13. The van der Waals surface area contributed by atoms with Gasteiger partial charge in [0, 0.05) is 30.0 Å². The number of carbonyl (C=O) groups is 1. The molecule has 4 nitrogen and oxygen atoms in total. The first-order valence-electron chi connectivity index (χ1n) is 12.4. The minimum Gasteiger partial charge on any atom is -0.349 e. The van der Waals surface area contributed by atoms with Crippen LogP contribution in [0.5, 0.6) is 0 Å². The maximum absolute atomic E-state index is 13.3. The molecule has 0 saturated heterocycles. The zero-order chi connectivity index (χ0) is 26.9. The minimum atomic E-state index is -0.138. The van der Waals surface area contributed by atoms with E-state index in [9.17, 15) is 4.79 Å². The van der Waals surface area contributed by atoms with Crippen LogP contribution in [-0.2, 0) is 4.79 Å². The number of amides is 1. The summed E-state index contributed by atoms with van der Waals surface area (Å²) in [6, 6.07) is 8.20. The Hall–Kier alpha value is -3.34. The van der Waals surface area contributed by atoms with E-state index in [1.54, 1.807) is 6.20 Å². The lowest BCUT2D eigenvalue weighted by Crippen LogP contribution is -2.39. The predicted octanol–water partition coefficient (Wildman–Crippen LogP) is -0.973. The molecule has 3 rings (SSSR count).